The number of hydrogen-bond acceptors (Lipinski definition) is 6. The van der Waals surface area contributed by atoms with Crippen LogP contribution in [0.3, 0.4) is 0 Å². The Kier molecular flexibility index (Phi) is 9.36. The molecule has 1 aromatic heterocycles. The molecule has 0 spiro atoms. The van der Waals surface area contributed by atoms with Crippen molar-refractivity contribution in [2.75, 3.05) is 6.61 Å². The van der Waals surface area contributed by atoms with Crippen LogP contribution in [0, 0.1) is 0 Å². The monoisotopic (exact) mass is 509 g/mol. The fraction of sp³-hybridized carbons (Fsp3) is 0.308. The quantitative estimate of drug-likeness (QED) is 0.177. The zero-order chi connectivity index (χ0) is 26.9. The van der Waals surface area contributed by atoms with E-state index < -0.39 is 54.5 Å². The first-order chi connectivity index (χ1) is 17.7. The highest BCUT2D eigenvalue weighted by atomic mass is 16.4. The van der Waals surface area contributed by atoms with E-state index in [4.69, 9.17) is 15.9 Å². The van der Waals surface area contributed by atoms with Gasteiger partial charge in [-0.25, -0.2) is 4.79 Å². The molecule has 0 radical (unpaired) electrons. The molecule has 4 unspecified atom stereocenters. The fourth-order valence-corrected chi connectivity index (χ4v) is 3.83. The maximum absolute atomic E-state index is 13.2. The number of aromatic amines is 1. The number of carbonyl (C=O) groups is 4. The minimum atomic E-state index is -1.51. The zero-order valence-corrected chi connectivity index (χ0v) is 20.3. The Labute approximate surface area is 213 Å². The Morgan fingerprint density at radius 1 is 0.865 bits per heavy atom. The third-order valence-corrected chi connectivity index (χ3v) is 5.92. The van der Waals surface area contributed by atoms with Gasteiger partial charge in [-0.2, -0.15) is 0 Å². The van der Waals surface area contributed by atoms with Crippen molar-refractivity contribution in [2.45, 2.75) is 43.9 Å². The molecular formula is C26H31N5O6. The van der Waals surface area contributed by atoms with Crippen LogP contribution in [-0.2, 0) is 32.0 Å². The van der Waals surface area contributed by atoms with Crippen molar-refractivity contribution in [3.63, 3.8) is 0 Å². The van der Waals surface area contributed by atoms with E-state index in [0.29, 0.717) is 0 Å². The van der Waals surface area contributed by atoms with Gasteiger partial charge < -0.3 is 36.9 Å². The minimum Gasteiger partial charge on any atom is -0.480 e. The smallest absolute Gasteiger partial charge is 0.328 e. The maximum Gasteiger partial charge on any atom is 0.328 e. The van der Waals surface area contributed by atoms with Crippen LogP contribution in [0.1, 0.15) is 18.1 Å². The van der Waals surface area contributed by atoms with Gasteiger partial charge in [0.05, 0.1) is 12.6 Å². The highest BCUT2D eigenvalue weighted by molar-refractivity contribution is 5.94. The number of aromatic nitrogens is 1. The second-order valence-corrected chi connectivity index (χ2v) is 8.73. The summed E-state index contributed by atoms with van der Waals surface area (Å²) in [5.41, 5.74) is 8.62. The van der Waals surface area contributed by atoms with Crippen LogP contribution >= 0.6 is 0 Å². The summed E-state index contributed by atoms with van der Waals surface area (Å²) >= 11 is 0. The second-order valence-electron chi connectivity index (χ2n) is 8.73. The number of benzene rings is 2. The maximum atomic E-state index is 13.2. The van der Waals surface area contributed by atoms with Crippen LogP contribution in [0.2, 0.25) is 0 Å². The summed E-state index contributed by atoms with van der Waals surface area (Å²) in [5, 5.41) is 26.4. The normalized spacial score (nSPS) is 14.2. The van der Waals surface area contributed by atoms with Crippen molar-refractivity contribution in [1.29, 1.82) is 0 Å². The molecule has 0 saturated heterocycles. The van der Waals surface area contributed by atoms with Crippen molar-refractivity contribution in [2.24, 2.45) is 5.73 Å². The molecule has 0 saturated carbocycles. The predicted molar refractivity (Wildman–Crippen MR) is 136 cm³/mol. The van der Waals surface area contributed by atoms with E-state index in [1.165, 1.54) is 6.92 Å². The van der Waals surface area contributed by atoms with Crippen LogP contribution in [0.15, 0.2) is 60.8 Å². The van der Waals surface area contributed by atoms with Gasteiger partial charge in [-0.15, -0.1) is 0 Å². The Morgan fingerprint density at radius 3 is 2.19 bits per heavy atom. The van der Waals surface area contributed by atoms with Gasteiger partial charge in [0.15, 0.2) is 0 Å². The van der Waals surface area contributed by atoms with Crippen LogP contribution in [-0.4, -0.2) is 69.7 Å². The van der Waals surface area contributed by atoms with E-state index in [-0.39, 0.29) is 12.8 Å². The second kappa shape index (κ2) is 12.7. The molecule has 0 aliphatic carbocycles. The van der Waals surface area contributed by atoms with E-state index in [1.807, 2.05) is 54.6 Å². The molecule has 0 aliphatic heterocycles. The number of carbonyl (C=O) groups excluding carboxylic acids is 3. The van der Waals surface area contributed by atoms with Gasteiger partial charge in [0.25, 0.3) is 0 Å². The first-order valence-corrected chi connectivity index (χ1v) is 11.8. The Morgan fingerprint density at radius 2 is 1.51 bits per heavy atom. The molecule has 3 rings (SSSR count). The number of nitrogens with two attached hydrogens (primary N) is 1. The Balaban J connectivity index is 1.75. The summed E-state index contributed by atoms with van der Waals surface area (Å²) in [6, 6.07) is 12.1. The number of carboxylic acid groups (broad SMARTS) is 1. The lowest BCUT2D eigenvalue weighted by molar-refractivity contribution is -0.143. The van der Waals surface area contributed by atoms with Gasteiger partial charge in [-0.05, 0) is 30.5 Å². The van der Waals surface area contributed by atoms with Crippen molar-refractivity contribution >= 4 is 34.6 Å². The number of aliphatic hydroxyl groups is 1. The third-order valence-electron chi connectivity index (χ3n) is 5.92. The van der Waals surface area contributed by atoms with Crippen molar-refractivity contribution in [3.8, 4) is 0 Å². The summed E-state index contributed by atoms with van der Waals surface area (Å²) in [6.07, 6.45) is 2.13. The van der Waals surface area contributed by atoms with Gasteiger partial charge in [-0.1, -0.05) is 48.5 Å². The first-order valence-electron chi connectivity index (χ1n) is 11.8. The summed E-state index contributed by atoms with van der Waals surface area (Å²) in [7, 11) is 0. The van der Waals surface area contributed by atoms with Crippen LogP contribution in [0.4, 0.5) is 0 Å². The predicted octanol–water partition coefficient (Wildman–Crippen LogP) is -0.168. The van der Waals surface area contributed by atoms with Gasteiger partial charge in [0.1, 0.15) is 18.1 Å². The van der Waals surface area contributed by atoms with E-state index >= 15 is 0 Å². The molecule has 1 heterocycles. The van der Waals surface area contributed by atoms with Crippen molar-refractivity contribution in [1.82, 2.24) is 20.9 Å². The number of rotatable bonds is 12. The van der Waals surface area contributed by atoms with Crippen molar-refractivity contribution < 1.29 is 29.4 Å². The number of H-pyrrole nitrogens is 1. The van der Waals surface area contributed by atoms with Gasteiger partial charge in [0.2, 0.25) is 17.7 Å². The molecular weight excluding hydrogens is 478 g/mol. The molecule has 3 amide bonds. The lowest BCUT2D eigenvalue weighted by Crippen LogP contribution is -2.57. The van der Waals surface area contributed by atoms with Gasteiger partial charge >= 0.3 is 5.97 Å². The summed E-state index contributed by atoms with van der Waals surface area (Å²) in [5.74, 6) is -3.39. The highest BCUT2D eigenvalue weighted by Crippen LogP contribution is 2.19. The standard InChI is InChI=1S/C26H31N5O6/c1-15(23(33)31-22(14-32)26(36)37)29-25(35)21(12-17-13-28-20-10-6-5-9-18(17)20)30-24(34)19(27)11-16-7-3-2-4-8-16/h2-10,13,15,19,21-22,28,32H,11-12,14,27H2,1H3,(H,29,35)(H,30,34)(H,31,33)(H,36,37). The third kappa shape index (κ3) is 7.38. The number of amides is 3. The fourth-order valence-electron chi connectivity index (χ4n) is 3.83. The number of nitrogens with one attached hydrogen (secondary N) is 4. The van der Waals surface area contributed by atoms with Gasteiger partial charge in [-0.3, -0.25) is 14.4 Å². The Hall–Kier alpha value is -4.22. The lowest BCUT2D eigenvalue weighted by Gasteiger charge is -2.23. The number of aliphatic hydroxyl groups excluding tert-OH is 1. The van der Waals surface area contributed by atoms with Crippen LogP contribution < -0.4 is 21.7 Å². The molecule has 37 heavy (non-hydrogen) atoms. The first kappa shape index (κ1) is 27.4. The number of hydrogen-bond donors (Lipinski definition) is 7. The van der Waals surface area contributed by atoms with E-state index in [9.17, 15) is 19.2 Å². The average Bonchev–Trinajstić information content (AvgIpc) is 3.29. The van der Waals surface area contributed by atoms with E-state index in [0.717, 1.165) is 22.0 Å². The summed E-state index contributed by atoms with van der Waals surface area (Å²) < 4.78 is 0. The summed E-state index contributed by atoms with van der Waals surface area (Å²) in [4.78, 5) is 52.8. The average molecular weight is 510 g/mol. The molecule has 0 aliphatic rings. The van der Waals surface area contributed by atoms with Crippen LogP contribution in [0.25, 0.3) is 10.9 Å². The molecule has 11 heteroatoms. The highest BCUT2D eigenvalue weighted by Gasteiger charge is 2.29. The van der Waals surface area contributed by atoms with Crippen molar-refractivity contribution in [3.05, 3.63) is 71.9 Å². The topological polar surface area (TPSA) is 187 Å². The van der Waals surface area contributed by atoms with Gasteiger partial charge in [0, 0.05) is 23.5 Å². The number of para-hydroxylation sites is 1. The molecule has 0 fully saturated rings. The summed E-state index contributed by atoms with van der Waals surface area (Å²) in [6.45, 7) is 0.565. The largest absolute Gasteiger partial charge is 0.480 e. The lowest BCUT2D eigenvalue weighted by atomic mass is 10.0. The number of aliphatic carboxylic acids is 1. The molecule has 8 N–H and O–H groups in total. The molecule has 3 aromatic rings. The minimum absolute atomic E-state index is 0.113. The number of carboxylic acids is 1. The SMILES string of the molecule is CC(NC(=O)C(Cc1c[nH]c2ccccc12)NC(=O)C(N)Cc1ccccc1)C(=O)NC(CO)C(=O)O. The van der Waals surface area contributed by atoms with Crippen LogP contribution in [0.5, 0.6) is 0 Å². The van der Waals surface area contributed by atoms with E-state index in [2.05, 4.69) is 20.9 Å². The molecule has 4 atom stereocenters. The molecule has 196 valence electrons. The molecule has 11 nitrogen and oxygen atoms in total. The van der Waals surface area contributed by atoms with E-state index in [1.54, 1.807) is 6.20 Å². The molecule has 2 aromatic carbocycles. The molecule has 0 bridgehead atoms. The zero-order valence-electron chi connectivity index (χ0n) is 20.3. The Bertz CT molecular complexity index is 1240. The number of fused-ring (bicyclic) bond motifs is 1.